The van der Waals surface area contributed by atoms with E-state index < -0.39 is 0 Å². The summed E-state index contributed by atoms with van der Waals surface area (Å²) in [5.74, 6) is 2.66. The second-order valence-corrected chi connectivity index (χ2v) is 6.89. The number of ether oxygens (including phenoxy) is 3. The van der Waals surface area contributed by atoms with Gasteiger partial charge in [0.05, 0.1) is 18.4 Å². The molecule has 0 aliphatic rings. The molecular weight excluding hydrogens is 396 g/mol. The van der Waals surface area contributed by atoms with Crippen molar-refractivity contribution in [1.29, 1.82) is 0 Å². The van der Waals surface area contributed by atoms with Gasteiger partial charge in [0.1, 0.15) is 29.6 Å². The van der Waals surface area contributed by atoms with Gasteiger partial charge in [0.25, 0.3) is 0 Å². The van der Waals surface area contributed by atoms with Crippen molar-refractivity contribution < 1.29 is 14.2 Å². The predicted octanol–water partition coefficient (Wildman–Crippen LogP) is 3.65. The predicted molar refractivity (Wildman–Crippen MR) is 115 cm³/mol. The Morgan fingerprint density at radius 2 is 1.71 bits per heavy atom. The Labute approximate surface area is 179 Å². The molecule has 3 aromatic carbocycles. The van der Waals surface area contributed by atoms with Crippen molar-refractivity contribution in [2.75, 3.05) is 7.11 Å². The van der Waals surface area contributed by atoms with Crippen LogP contribution in [-0.4, -0.2) is 26.9 Å². The Balaban J connectivity index is 1.63. The van der Waals surface area contributed by atoms with Gasteiger partial charge in [0, 0.05) is 13.1 Å². The molecule has 0 aliphatic carbocycles. The quantitative estimate of drug-likeness (QED) is 0.456. The molecule has 0 amide bonds. The number of methoxy groups -OCH3 is 1. The highest BCUT2D eigenvalue weighted by atomic mass is 16.5. The molecule has 0 aliphatic heterocycles. The molecule has 8 heteroatoms. The maximum Gasteiger partial charge on any atom is 0.368 e. The van der Waals surface area contributed by atoms with E-state index in [9.17, 15) is 4.79 Å². The van der Waals surface area contributed by atoms with Crippen LogP contribution in [0.5, 0.6) is 23.0 Å². The molecule has 0 saturated carbocycles. The monoisotopic (exact) mass is 418 g/mol. The van der Waals surface area contributed by atoms with E-state index in [1.807, 2.05) is 61.5 Å². The minimum atomic E-state index is -0.357. The van der Waals surface area contributed by atoms with Crippen LogP contribution in [0, 0.1) is 6.92 Å². The van der Waals surface area contributed by atoms with Gasteiger partial charge in [-0.25, -0.2) is 4.79 Å². The van der Waals surface area contributed by atoms with Gasteiger partial charge < -0.3 is 14.2 Å². The van der Waals surface area contributed by atoms with Crippen LogP contribution in [0.2, 0.25) is 0 Å². The summed E-state index contributed by atoms with van der Waals surface area (Å²) in [4.78, 5) is 12.4. The lowest BCUT2D eigenvalue weighted by atomic mass is 10.1. The summed E-state index contributed by atoms with van der Waals surface area (Å²) in [6, 6.07) is 20.6. The van der Waals surface area contributed by atoms with Crippen LogP contribution in [0.15, 0.2) is 71.5 Å². The standard InChI is InChI=1S/C23H22N4O4/c1-16-12-13-18(31-17-8-5-4-6-9-17)14-22(16)30-15-19-20(10-7-11-21(19)29-3)27-23(28)26(2)24-25-27/h4-14H,15H2,1-3H3. The Hall–Kier alpha value is -4.07. The fourth-order valence-corrected chi connectivity index (χ4v) is 3.13. The molecule has 0 fully saturated rings. The van der Waals surface area contributed by atoms with E-state index in [0.717, 1.165) is 11.3 Å². The topological polar surface area (TPSA) is 80.4 Å². The molecule has 0 radical (unpaired) electrons. The van der Waals surface area contributed by atoms with Crippen LogP contribution >= 0.6 is 0 Å². The van der Waals surface area contributed by atoms with Gasteiger partial charge in [-0.05, 0) is 53.2 Å². The molecule has 0 N–H and O–H groups in total. The van der Waals surface area contributed by atoms with E-state index in [1.54, 1.807) is 26.3 Å². The fraction of sp³-hybridized carbons (Fsp3) is 0.174. The zero-order valence-electron chi connectivity index (χ0n) is 17.5. The van der Waals surface area contributed by atoms with E-state index in [4.69, 9.17) is 14.2 Å². The Morgan fingerprint density at radius 3 is 2.42 bits per heavy atom. The van der Waals surface area contributed by atoms with E-state index in [0.29, 0.717) is 28.5 Å². The summed E-state index contributed by atoms with van der Waals surface area (Å²) in [5, 5.41) is 7.73. The number of para-hydroxylation sites is 1. The molecule has 4 aromatic rings. The molecule has 8 nitrogen and oxygen atoms in total. The minimum Gasteiger partial charge on any atom is -0.496 e. The first-order valence-electron chi connectivity index (χ1n) is 9.68. The van der Waals surface area contributed by atoms with Gasteiger partial charge >= 0.3 is 5.69 Å². The maximum atomic E-state index is 12.4. The fourth-order valence-electron chi connectivity index (χ4n) is 3.13. The molecule has 0 unspecified atom stereocenters. The molecule has 158 valence electrons. The molecule has 4 rings (SSSR count). The lowest BCUT2D eigenvalue weighted by Gasteiger charge is -2.16. The number of aryl methyl sites for hydroxylation is 2. The normalized spacial score (nSPS) is 10.7. The zero-order valence-corrected chi connectivity index (χ0v) is 17.5. The van der Waals surface area contributed by atoms with Gasteiger partial charge in [-0.1, -0.05) is 30.3 Å². The summed E-state index contributed by atoms with van der Waals surface area (Å²) >= 11 is 0. The molecule has 0 bridgehead atoms. The van der Waals surface area contributed by atoms with Gasteiger partial charge in [-0.15, -0.1) is 0 Å². The number of tetrazole rings is 1. The SMILES string of the molecule is COc1cccc(-n2nnn(C)c2=O)c1COc1cc(Oc2ccccc2)ccc1C. The number of benzene rings is 3. The van der Waals surface area contributed by atoms with E-state index in [1.165, 1.54) is 9.36 Å². The van der Waals surface area contributed by atoms with Crippen molar-refractivity contribution >= 4 is 0 Å². The second kappa shape index (κ2) is 8.74. The molecule has 1 aromatic heterocycles. The first kappa shape index (κ1) is 20.2. The number of aromatic nitrogens is 4. The zero-order chi connectivity index (χ0) is 21.8. The Bertz CT molecular complexity index is 1250. The van der Waals surface area contributed by atoms with Crippen LogP contribution in [0.4, 0.5) is 0 Å². The molecule has 0 saturated heterocycles. The maximum absolute atomic E-state index is 12.4. The van der Waals surface area contributed by atoms with Gasteiger partial charge in [-0.2, -0.15) is 9.36 Å². The average Bonchev–Trinajstić information content (AvgIpc) is 3.12. The minimum absolute atomic E-state index is 0.165. The van der Waals surface area contributed by atoms with E-state index >= 15 is 0 Å². The number of hydrogen-bond donors (Lipinski definition) is 0. The van der Waals surface area contributed by atoms with E-state index in [-0.39, 0.29) is 12.3 Å². The van der Waals surface area contributed by atoms with Crippen LogP contribution in [-0.2, 0) is 13.7 Å². The summed E-state index contributed by atoms with van der Waals surface area (Å²) in [6.45, 7) is 2.12. The number of nitrogens with zero attached hydrogens (tertiary/aromatic N) is 4. The lowest BCUT2D eigenvalue weighted by molar-refractivity contribution is 0.293. The van der Waals surface area contributed by atoms with Crippen LogP contribution in [0.3, 0.4) is 0 Å². The van der Waals surface area contributed by atoms with Crippen LogP contribution < -0.4 is 19.9 Å². The molecule has 1 heterocycles. The first-order valence-corrected chi connectivity index (χ1v) is 9.68. The average molecular weight is 418 g/mol. The lowest BCUT2D eigenvalue weighted by Crippen LogP contribution is -2.23. The van der Waals surface area contributed by atoms with E-state index in [2.05, 4.69) is 10.4 Å². The second-order valence-electron chi connectivity index (χ2n) is 6.89. The summed E-state index contributed by atoms with van der Waals surface area (Å²) in [7, 11) is 3.12. The molecule has 0 spiro atoms. The number of rotatable bonds is 7. The molecule has 0 atom stereocenters. The van der Waals surface area contributed by atoms with Crippen LogP contribution in [0.1, 0.15) is 11.1 Å². The highest BCUT2D eigenvalue weighted by Crippen LogP contribution is 2.31. The van der Waals surface area contributed by atoms with Gasteiger partial charge in [0.2, 0.25) is 0 Å². The van der Waals surface area contributed by atoms with Gasteiger partial charge in [-0.3, -0.25) is 0 Å². The summed E-state index contributed by atoms with van der Waals surface area (Å²) in [6.07, 6.45) is 0. The number of hydrogen-bond acceptors (Lipinski definition) is 6. The largest absolute Gasteiger partial charge is 0.496 e. The molecule has 31 heavy (non-hydrogen) atoms. The van der Waals surface area contributed by atoms with Crippen molar-refractivity contribution in [3.05, 3.63) is 88.3 Å². The Morgan fingerprint density at radius 1 is 0.903 bits per heavy atom. The molecular formula is C23H22N4O4. The third kappa shape index (κ3) is 4.28. The Kier molecular flexibility index (Phi) is 5.70. The third-order valence-corrected chi connectivity index (χ3v) is 4.79. The van der Waals surface area contributed by atoms with Crippen molar-refractivity contribution in [3.63, 3.8) is 0 Å². The van der Waals surface area contributed by atoms with Crippen LogP contribution in [0.25, 0.3) is 5.69 Å². The van der Waals surface area contributed by atoms with Gasteiger partial charge in [0.15, 0.2) is 0 Å². The van der Waals surface area contributed by atoms with Crippen molar-refractivity contribution in [2.24, 2.45) is 7.05 Å². The highest BCUT2D eigenvalue weighted by Gasteiger charge is 2.16. The summed E-state index contributed by atoms with van der Waals surface area (Å²) < 4.78 is 19.9. The third-order valence-electron chi connectivity index (χ3n) is 4.79. The van der Waals surface area contributed by atoms with Crippen molar-refractivity contribution in [3.8, 4) is 28.7 Å². The summed E-state index contributed by atoms with van der Waals surface area (Å²) in [5.41, 5.74) is 1.82. The van der Waals surface area contributed by atoms with Crippen molar-refractivity contribution in [2.45, 2.75) is 13.5 Å². The van der Waals surface area contributed by atoms with Crippen molar-refractivity contribution in [1.82, 2.24) is 19.8 Å². The highest BCUT2D eigenvalue weighted by molar-refractivity contribution is 5.49. The smallest absolute Gasteiger partial charge is 0.368 e. The first-order chi connectivity index (χ1) is 15.1.